The van der Waals surface area contributed by atoms with Gasteiger partial charge in [0.1, 0.15) is 5.82 Å². The van der Waals surface area contributed by atoms with Crippen LogP contribution in [0.3, 0.4) is 0 Å². The third-order valence-corrected chi connectivity index (χ3v) is 7.75. The molecule has 0 amide bonds. The van der Waals surface area contributed by atoms with E-state index in [1.807, 2.05) is 30.9 Å². The van der Waals surface area contributed by atoms with Crippen LogP contribution >= 0.6 is 11.8 Å². The summed E-state index contributed by atoms with van der Waals surface area (Å²) in [5.41, 5.74) is 8.56. The van der Waals surface area contributed by atoms with Crippen molar-refractivity contribution in [2.75, 3.05) is 12.8 Å². The molecule has 0 bridgehead atoms. The molecule has 2 heterocycles. The fourth-order valence-corrected chi connectivity index (χ4v) is 5.51. The lowest BCUT2D eigenvalue weighted by Gasteiger charge is -2.24. The quantitative estimate of drug-likeness (QED) is 0.231. The highest BCUT2D eigenvalue weighted by Gasteiger charge is 2.30. The molecule has 0 N–H and O–H groups in total. The summed E-state index contributed by atoms with van der Waals surface area (Å²) in [6, 6.07) is 22.4. The molecule has 0 radical (unpaired) electrons. The van der Waals surface area contributed by atoms with Crippen LogP contribution in [-0.2, 0) is 19.5 Å². The van der Waals surface area contributed by atoms with Gasteiger partial charge in [-0.3, -0.25) is 14.9 Å². The van der Waals surface area contributed by atoms with Gasteiger partial charge in [0.2, 0.25) is 0 Å². The first-order valence-corrected chi connectivity index (χ1v) is 13.5. The smallest absolute Gasteiger partial charge is 0.123 e. The summed E-state index contributed by atoms with van der Waals surface area (Å²) in [7, 11) is 0. The lowest BCUT2D eigenvalue weighted by Crippen LogP contribution is -2.25. The van der Waals surface area contributed by atoms with E-state index in [1.54, 1.807) is 23.9 Å². The Labute approximate surface area is 217 Å². The van der Waals surface area contributed by atoms with Crippen LogP contribution < -0.4 is 0 Å². The minimum atomic E-state index is -0.182. The number of pyridine rings is 2. The summed E-state index contributed by atoms with van der Waals surface area (Å²) < 4.78 is 14.5. The average molecular weight is 496 g/mol. The number of hydrogen-bond acceptors (Lipinski definition) is 4. The van der Waals surface area contributed by atoms with Crippen LogP contribution in [0.15, 0.2) is 102 Å². The number of thioether (sulfide) groups is 1. The Hall–Kier alpha value is -3.28. The third kappa shape index (κ3) is 5.58. The van der Waals surface area contributed by atoms with E-state index in [4.69, 9.17) is 0 Å². The van der Waals surface area contributed by atoms with Gasteiger partial charge >= 0.3 is 0 Å². The van der Waals surface area contributed by atoms with Gasteiger partial charge in [-0.25, -0.2) is 4.39 Å². The van der Waals surface area contributed by atoms with Crippen molar-refractivity contribution in [3.63, 3.8) is 0 Å². The standard InChI is InChI=1S/C31H30FN3S/c1-22-29(17-23-3-6-27(36-2)7-4-23)28-8-5-26(32)18-30(28)31(22)21-35(19-24-9-13-33-14-10-24)20-25-11-15-34-16-12-25/h3-16,18,29H,17,19-21H2,1-2H3. The fourth-order valence-electron chi connectivity index (χ4n) is 5.10. The van der Waals surface area contributed by atoms with Gasteiger partial charge in [0, 0.05) is 55.2 Å². The second kappa shape index (κ2) is 11.2. The average Bonchev–Trinajstić information content (AvgIpc) is 3.15. The van der Waals surface area contributed by atoms with Crippen molar-refractivity contribution in [3.05, 3.63) is 131 Å². The zero-order valence-electron chi connectivity index (χ0n) is 20.7. The van der Waals surface area contributed by atoms with Gasteiger partial charge in [0.05, 0.1) is 0 Å². The summed E-state index contributed by atoms with van der Waals surface area (Å²) >= 11 is 1.76. The molecule has 2 aromatic heterocycles. The van der Waals surface area contributed by atoms with Crippen LogP contribution in [0, 0.1) is 5.82 Å². The SMILES string of the molecule is CSc1ccc(CC2C(C)=C(CN(Cc3ccncc3)Cc3ccncc3)c3cc(F)ccc32)cc1. The van der Waals surface area contributed by atoms with E-state index in [1.165, 1.54) is 38.3 Å². The van der Waals surface area contributed by atoms with Gasteiger partial charge in [0.25, 0.3) is 0 Å². The van der Waals surface area contributed by atoms with E-state index in [-0.39, 0.29) is 11.7 Å². The molecular weight excluding hydrogens is 465 g/mol. The van der Waals surface area contributed by atoms with Crippen LogP contribution in [-0.4, -0.2) is 27.7 Å². The van der Waals surface area contributed by atoms with Gasteiger partial charge in [-0.1, -0.05) is 23.8 Å². The van der Waals surface area contributed by atoms with Crippen molar-refractivity contribution in [3.8, 4) is 0 Å². The molecule has 182 valence electrons. The van der Waals surface area contributed by atoms with Crippen molar-refractivity contribution >= 4 is 17.3 Å². The Kier molecular flexibility index (Phi) is 7.59. The summed E-state index contributed by atoms with van der Waals surface area (Å²) in [5, 5.41) is 0. The molecule has 0 spiro atoms. The fraction of sp³-hybridized carbons (Fsp3) is 0.226. The molecular formula is C31H30FN3S. The molecule has 2 aromatic carbocycles. The lowest BCUT2D eigenvalue weighted by molar-refractivity contribution is 0.290. The number of aromatic nitrogens is 2. The topological polar surface area (TPSA) is 29.0 Å². The lowest BCUT2D eigenvalue weighted by atomic mass is 9.90. The molecule has 0 saturated heterocycles. The van der Waals surface area contributed by atoms with Crippen LogP contribution in [0.5, 0.6) is 0 Å². The maximum Gasteiger partial charge on any atom is 0.123 e. The Morgan fingerprint density at radius 2 is 1.39 bits per heavy atom. The van der Waals surface area contributed by atoms with Crippen molar-refractivity contribution in [1.29, 1.82) is 0 Å². The summed E-state index contributed by atoms with van der Waals surface area (Å²) in [6.07, 6.45) is 10.4. The van der Waals surface area contributed by atoms with Gasteiger partial charge in [-0.2, -0.15) is 0 Å². The molecule has 5 rings (SSSR count). The highest BCUT2D eigenvalue weighted by Crippen LogP contribution is 2.44. The molecule has 1 aliphatic carbocycles. The molecule has 36 heavy (non-hydrogen) atoms. The third-order valence-electron chi connectivity index (χ3n) is 7.01. The molecule has 1 aliphatic rings. The van der Waals surface area contributed by atoms with Gasteiger partial charge in [-0.15, -0.1) is 11.8 Å². The number of rotatable bonds is 9. The van der Waals surface area contributed by atoms with Crippen molar-refractivity contribution in [2.45, 2.75) is 37.2 Å². The molecule has 0 saturated carbocycles. The first-order valence-electron chi connectivity index (χ1n) is 12.2. The highest BCUT2D eigenvalue weighted by atomic mass is 32.2. The zero-order chi connectivity index (χ0) is 24.9. The number of halogens is 1. The molecule has 4 aromatic rings. The van der Waals surface area contributed by atoms with Crippen LogP contribution in [0.1, 0.15) is 40.7 Å². The van der Waals surface area contributed by atoms with Crippen molar-refractivity contribution in [1.82, 2.24) is 14.9 Å². The second-order valence-electron chi connectivity index (χ2n) is 9.35. The zero-order valence-corrected chi connectivity index (χ0v) is 21.5. The molecule has 1 atom stereocenters. The monoisotopic (exact) mass is 495 g/mol. The predicted molar refractivity (Wildman–Crippen MR) is 146 cm³/mol. The van der Waals surface area contributed by atoms with Gasteiger partial charge in [-0.05, 0) is 102 Å². The number of allylic oxidation sites excluding steroid dienone is 1. The Bertz CT molecular complexity index is 1300. The van der Waals surface area contributed by atoms with Crippen LogP contribution in [0.4, 0.5) is 4.39 Å². The van der Waals surface area contributed by atoms with E-state index in [9.17, 15) is 4.39 Å². The highest BCUT2D eigenvalue weighted by molar-refractivity contribution is 7.98. The summed E-state index contributed by atoms with van der Waals surface area (Å²) in [5.74, 6) is 0.0678. The van der Waals surface area contributed by atoms with Crippen molar-refractivity contribution in [2.24, 2.45) is 0 Å². The Morgan fingerprint density at radius 3 is 1.97 bits per heavy atom. The van der Waals surface area contributed by atoms with E-state index >= 15 is 0 Å². The first-order chi connectivity index (χ1) is 17.6. The second-order valence-corrected chi connectivity index (χ2v) is 10.2. The van der Waals surface area contributed by atoms with E-state index in [0.717, 1.165) is 31.6 Å². The minimum absolute atomic E-state index is 0.182. The van der Waals surface area contributed by atoms with E-state index in [2.05, 4.69) is 76.6 Å². The number of nitrogens with zero attached hydrogens (tertiary/aromatic N) is 3. The molecule has 5 heteroatoms. The number of hydrogen-bond donors (Lipinski definition) is 0. The van der Waals surface area contributed by atoms with E-state index in [0.29, 0.717) is 0 Å². The molecule has 0 fully saturated rings. The maximum absolute atomic E-state index is 14.5. The minimum Gasteiger partial charge on any atom is -0.291 e. The maximum atomic E-state index is 14.5. The Morgan fingerprint density at radius 1 is 0.778 bits per heavy atom. The van der Waals surface area contributed by atoms with Crippen LogP contribution in [0.2, 0.25) is 0 Å². The normalized spacial score (nSPS) is 14.9. The molecule has 1 unspecified atom stereocenters. The Balaban J connectivity index is 1.47. The number of fused-ring (bicyclic) bond motifs is 1. The largest absolute Gasteiger partial charge is 0.291 e. The molecule has 0 aliphatic heterocycles. The van der Waals surface area contributed by atoms with Crippen LogP contribution in [0.25, 0.3) is 5.57 Å². The van der Waals surface area contributed by atoms with Crippen molar-refractivity contribution < 1.29 is 4.39 Å². The van der Waals surface area contributed by atoms with Gasteiger partial charge in [0.15, 0.2) is 0 Å². The molecule has 3 nitrogen and oxygen atoms in total. The summed E-state index contributed by atoms with van der Waals surface area (Å²) in [6.45, 7) is 4.54. The number of benzene rings is 2. The summed E-state index contributed by atoms with van der Waals surface area (Å²) in [4.78, 5) is 12.0. The predicted octanol–water partition coefficient (Wildman–Crippen LogP) is 7.15. The van der Waals surface area contributed by atoms with E-state index < -0.39 is 0 Å². The first kappa shape index (κ1) is 24.4. The van der Waals surface area contributed by atoms with Gasteiger partial charge < -0.3 is 0 Å².